The third-order valence-electron chi connectivity index (χ3n) is 2.96. The normalized spacial score (nSPS) is 41.9. The Morgan fingerprint density at radius 2 is 2.45 bits per heavy atom. The van der Waals surface area contributed by atoms with E-state index in [1.807, 2.05) is 6.92 Å². The van der Waals surface area contributed by atoms with E-state index in [2.05, 4.69) is 0 Å². The second-order valence-corrected chi connectivity index (χ2v) is 3.52. The minimum absolute atomic E-state index is 0.278. The second-order valence-electron chi connectivity index (χ2n) is 3.52. The minimum Gasteiger partial charge on any atom is -0.378 e. The molecule has 2 nitrogen and oxygen atoms in total. The SMILES string of the molecule is CCOC1CC2CCC(=O)C21. The summed E-state index contributed by atoms with van der Waals surface area (Å²) in [5.74, 6) is 1.41. The number of ether oxygens (including phenoxy) is 1. The number of fused-ring (bicyclic) bond motifs is 1. The highest BCUT2D eigenvalue weighted by Gasteiger charge is 2.49. The Hall–Kier alpha value is -0.370. The van der Waals surface area contributed by atoms with Crippen LogP contribution in [0.3, 0.4) is 0 Å². The van der Waals surface area contributed by atoms with E-state index in [-0.39, 0.29) is 12.0 Å². The van der Waals surface area contributed by atoms with Crippen molar-refractivity contribution in [1.29, 1.82) is 0 Å². The molecule has 2 aliphatic carbocycles. The highest BCUT2D eigenvalue weighted by molar-refractivity contribution is 5.85. The molecule has 2 fully saturated rings. The number of ketones is 1. The van der Waals surface area contributed by atoms with Crippen LogP contribution in [-0.2, 0) is 9.53 Å². The first-order chi connectivity index (χ1) is 5.33. The monoisotopic (exact) mass is 154 g/mol. The Bertz CT molecular complexity index is 176. The van der Waals surface area contributed by atoms with Crippen LogP contribution in [0.5, 0.6) is 0 Å². The largest absolute Gasteiger partial charge is 0.378 e. The van der Waals surface area contributed by atoms with E-state index >= 15 is 0 Å². The van der Waals surface area contributed by atoms with Crippen LogP contribution < -0.4 is 0 Å². The molecule has 0 aromatic carbocycles. The summed E-state index contributed by atoms with van der Waals surface area (Å²) in [5.41, 5.74) is 0. The van der Waals surface area contributed by atoms with Crippen molar-refractivity contribution < 1.29 is 9.53 Å². The predicted octanol–water partition coefficient (Wildman–Crippen LogP) is 1.39. The van der Waals surface area contributed by atoms with Crippen molar-refractivity contribution in [1.82, 2.24) is 0 Å². The first-order valence-corrected chi connectivity index (χ1v) is 4.47. The topological polar surface area (TPSA) is 26.3 Å². The maximum atomic E-state index is 11.2. The average Bonchev–Trinajstić information content (AvgIpc) is 2.20. The molecule has 0 amide bonds. The summed E-state index contributed by atoms with van der Waals surface area (Å²) in [7, 11) is 0. The van der Waals surface area contributed by atoms with Gasteiger partial charge in [-0.1, -0.05) is 0 Å². The maximum absolute atomic E-state index is 11.2. The van der Waals surface area contributed by atoms with Gasteiger partial charge in [0.25, 0.3) is 0 Å². The summed E-state index contributed by atoms with van der Waals surface area (Å²) < 4.78 is 5.44. The van der Waals surface area contributed by atoms with Crippen molar-refractivity contribution in [3.63, 3.8) is 0 Å². The summed E-state index contributed by atoms with van der Waals surface area (Å²) in [5, 5.41) is 0. The van der Waals surface area contributed by atoms with Gasteiger partial charge in [0.15, 0.2) is 0 Å². The van der Waals surface area contributed by atoms with E-state index in [1.165, 1.54) is 0 Å². The van der Waals surface area contributed by atoms with Crippen molar-refractivity contribution in [2.45, 2.75) is 32.3 Å². The first-order valence-electron chi connectivity index (χ1n) is 4.47. The molecule has 0 aromatic rings. The Morgan fingerprint density at radius 3 is 3.09 bits per heavy atom. The molecule has 0 aromatic heterocycles. The Labute approximate surface area is 66.9 Å². The molecular formula is C9H14O2. The van der Waals surface area contributed by atoms with Gasteiger partial charge in [0, 0.05) is 18.9 Å². The van der Waals surface area contributed by atoms with E-state index in [9.17, 15) is 4.79 Å². The van der Waals surface area contributed by atoms with E-state index < -0.39 is 0 Å². The third-order valence-corrected chi connectivity index (χ3v) is 2.96. The van der Waals surface area contributed by atoms with Gasteiger partial charge >= 0.3 is 0 Å². The number of carbonyl (C=O) groups excluding carboxylic acids is 1. The molecule has 0 N–H and O–H groups in total. The zero-order valence-corrected chi connectivity index (χ0v) is 6.88. The van der Waals surface area contributed by atoms with Gasteiger partial charge in [-0.25, -0.2) is 0 Å². The van der Waals surface area contributed by atoms with Crippen molar-refractivity contribution in [2.24, 2.45) is 11.8 Å². The summed E-state index contributed by atoms with van der Waals surface area (Å²) >= 11 is 0. The van der Waals surface area contributed by atoms with Gasteiger partial charge in [0.05, 0.1) is 6.10 Å². The molecule has 0 radical (unpaired) electrons. The van der Waals surface area contributed by atoms with Crippen molar-refractivity contribution in [3.8, 4) is 0 Å². The Balaban J connectivity index is 1.95. The summed E-state index contributed by atoms with van der Waals surface area (Å²) in [6, 6.07) is 0. The lowest BCUT2D eigenvalue weighted by molar-refractivity contribution is -0.135. The van der Waals surface area contributed by atoms with Gasteiger partial charge in [-0.3, -0.25) is 4.79 Å². The second kappa shape index (κ2) is 2.59. The average molecular weight is 154 g/mol. The van der Waals surface area contributed by atoms with Gasteiger partial charge in [-0.15, -0.1) is 0 Å². The molecule has 0 spiro atoms. The van der Waals surface area contributed by atoms with E-state index in [0.717, 1.165) is 25.9 Å². The lowest BCUT2D eigenvalue weighted by Crippen LogP contribution is -2.43. The number of carbonyl (C=O) groups is 1. The third kappa shape index (κ3) is 1.00. The zero-order chi connectivity index (χ0) is 7.84. The maximum Gasteiger partial charge on any atom is 0.138 e. The Morgan fingerprint density at radius 1 is 1.64 bits per heavy atom. The number of hydrogen-bond donors (Lipinski definition) is 0. The van der Waals surface area contributed by atoms with Gasteiger partial charge in [0.1, 0.15) is 5.78 Å². The summed E-state index contributed by atoms with van der Waals surface area (Å²) in [4.78, 5) is 11.2. The Kier molecular flexibility index (Phi) is 1.72. The number of rotatable bonds is 2. The molecule has 0 heterocycles. The molecule has 11 heavy (non-hydrogen) atoms. The molecule has 2 aliphatic rings. The minimum atomic E-state index is 0.278. The van der Waals surface area contributed by atoms with Crippen LogP contribution in [-0.4, -0.2) is 18.5 Å². The zero-order valence-electron chi connectivity index (χ0n) is 6.88. The molecule has 62 valence electrons. The van der Waals surface area contributed by atoms with Crippen LogP contribution in [0.2, 0.25) is 0 Å². The van der Waals surface area contributed by atoms with Crippen LogP contribution in [0.4, 0.5) is 0 Å². The number of Topliss-reactive ketones (excluding diaryl/α,β-unsaturated/α-hetero) is 1. The van der Waals surface area contributed by atoms with Crippen molar-refractivity contribution in [2.75, 3.05) is 6.61 Å². The molecule has 2 heteroatoms. The molecular weight excluding hydrogens is 140 g/mol. The van der Waals surface area contributed by atoms with E-state index in [1.54, 1.807) is 0 Å². The summed E-state index contributed by atoms with van der Waals surface area (Å²) in [6.45, 7) is 2.74. The standard InChI is InChI=1S/C9H14O2/c1-2-11-8-5-6-3-4-7(10)9(6)8/h6,8-9H,2-5H2,1H3. The summed E-state index contributed by atoms with van der Waals surface area (Å²) in [6.07, 6.45) is 3.33. The van der Waals surface area contributed by atoms with Crippen LogP contribution in [0.25, 0.3) is 0 Å². The molecule has 0 saturated heterocycles. The fourth-order valence-electron chi connectivity index (χ4n) is 2.35. The van der Waals surface area contributed by atoms with Crippen molar-refractivity contribution >= 4 is 5.78 Å². The van der Waals surface area contributed by atoms with Gasteiger partial charge in [-0.2, -0.15) is 0 Å². The van der Waals surface area contributed by atoms with Crippen LogP contribution in [0, 0.1) is 11.8 Å². The van der Waals surface area contributed by atoms with Gasteiger partial charge in [-0.05, 0) is 25.7 Å². The highest BCUT2D eigenvalue weighted by atomic mass is 16.5. The molecule has 3 unspecified atom stereocenters. The van der Waals surface area contributed by atoms with Crippen LogP contribution >= 0.6 is 0 Å². The van der Waals surface area contributed by atoms with E-state index in [0.29, 0.717) is 11.7 Å². The van der Waals surface area contributed by atoms with Gasteiger partial charge < -0.3 is 4.74 Å². The first kappa shape index (κ1) is 7.29. The van der Waals surface area contributed by atoms with E-state index in [4.69, 9.17) is 4.74 Å². The molecule has 2 saturated carbocycles. The van der Waals surface area contributed by atoms with Crippen molar-refractivity contribution in [3.05, 3.63) is 0 Å². The molecule has 0 bridgehead atoms. The van der Waals surface area contributed by atoms with Gasteiger partial charge in [0.2, 0.25) is 0 Å². The fraction of sp³-hybridized carbons (Fsp3) is 0.889. The molecule has 3 atom stereocenters. The fourth-order valence-corrected chi connectivity index (χ4v) is 2.35. The lowest BCUT2D eigenvalue weighted by Gasteiger charge is -2.38. The lowest BCUT2D eigenvalue weighted by atomic mass is 9.73. The van der Waals surface area contributed by atoms with Crippen LogP contribution in [0.1, 0.15) is 26.2 Å². The predicted molar refractivity (Wildman–Crippen MR) is 41.3 cm³/mol. The quantitative estimate of drug-likeness (QED) is 0.600. The smallest absolute Gasteiger partial charge is 0.138 e. The molecule has 2 rings (SSSR count). The highest BCUT2D eigenvalue weighted by Crippen LogP contribution is 2.46. The van der Waals surface area contributed by atoms with Crippen LogP contribution in [0.15, 0.2) is 0 Å². The number of hydrogen-bond acceptors (Lipinski definition) is 2. The molecule has 0 aliphatic heterocycles.